The van der Waals surface area contributed by atoms with Crippen molar-refractivity contribution in [3.63, 3.8) is 0 Å². The predicted octanol–water partition coefficient (Wildman–Crippen LogP) is 4.66. The molecule has 1 heterocycles. The molecule has 27 heavy (non-hydrogen) atoms. The Labute approximate surface area is 159 Å². The molecule has 0 radical (unpaired) electrons. The number of hydrogen-bond acceptors (Lipinski definition) is 4. The first kappa shape index (κ1) is 18.7. The number of pyridine rings is 1. The molecular weight excluding hydrogens is 340 g/mol. The number of benzene rings is 2. The van der Waals surface area contributed by atoms with E-state index >= 15 is 0 Å². The maximum absolute atomic E-state index is 12.4. The normalized spacial score (nSPS) is 10.6. The van der Waals surface area contributed by atoms with Gasteiger partial charge in [0.15, 0.2) is 6.61 Å². The molecule has 1 aromatic heterocycles. The number of carbonyl (C=O) groups excluding carboxylic acids is 1. The quantitative estimate of drug-likeness (QED) is 0.662. The van der Waals surface area contributed by atoms with E-state index in [1.807, 2.05) is 56.3 Å². The van der Waals surface area contributed by atoms with Gasteiger partial charge >= 0.3 is 0 Å². The Kier molecular flexibility index (Phi) is 5.91. The second-order valence-electron chi connectivity index (χ2n) is 6.44. The fraction of sp³-hybridized carbons (Fsp3) is 0.273. The highest BCUT2D eigenvalue weighted by Gasteiger charge is 2.11. The Hall–Kier alpha value is -3.08. The molecule has 0 aliphatic heterocycles. The first-order chi connectivity index (χ1) is 13.1. The Balaban J connectivity index is 1.72. The van der Waals surface area contributed by atoms with Gasteiger partial charge in [0.25, 0.3) is 5.91 Å². The average Bonchev–Trinajstić information content (AvgIpc) is 2.68. The van der Waals surface area contributed by atoms with E-state index < -0.39 is 0 Å². The summed E-state index contributed by atoms with van der Waals surface area (Å²) in [6.07, 6.45) is 2.64. The molecule has 1 amide bonds. The minimum Gasteiger partial charge on any atom is -0.491 e. The van der Waals surface area contributed by atoms with E-state index in [1.54, 1.807) is 6.20 Å². The number of ether oxygens (including phenoxy) is 2. The fourth-order valence-electron chi connectivity index (χ4n) is 2.72. The van der Waals surface area contributed by atoms with Crippen molar-refractivity contribution in [1.29, 1.82) is 0 Å². The van der Waals surface area contributed by atoms with E-state index in [2.05, 4.69) is 17.2 Å². The summed E-state index contributed by atoms with van der Waals surface area (Å²) in [6, 6.07) is 13.2. The van der Waals surface area contributed by atoms with Crippen molar-refractivity contribution >= 4 is 22.5 Å². The van der Waals surface area contributed by atoms with Crippen LogP contribution in [0, 0.1) is 13.8 Å². The molecule has 0 atom stereocenters. The van der Waals surface area contributed by atoms with Gasteiger partial charge in [-0.1, -0.05) is 13.0 Å². The van der Waals surface area contributed by atoms with Crippen LogP contribution in [0.5, 0.6) is 11.5 Å². The Morgan fingerprint density at radius 2 is 1.93 bits per heavy atom. The van der Waals surface area contributed by atoms with E-state index in [0.717, 1.165) is 28.6 Å². The van der Waals surface area contributed by atoms with Gasteiger partial charge in [0.1, 0.15) is 17.0 Å². The second kappa shape index (κ2) is 8.54. The van der Waals surface area contributed by atoms with Crippen molar-refractivity contribution < 1.29 is 14.3 Å². The molecule has 0 spiro atoms. The highest BCUT2D eigenvalue weighted by atomic mass is 16.5. The smallest absolute Gasteiger partial charge is 0.262 e. The predicted molar refractivity (Wildman–Crippen MR) is 108 cm³/mol. The topological polar surface area (TPSA) is 60.5 Å². The van der Waals surface area contributed by atoms with Gasteiger partial charge in [-0.3, -0.25) is 9.78 Å². The molecule has 0 aliphatic carbocycles. The molecule has 2 aromatic carbocycles. The summed E-state index contributed by atoms with van der Waals surface area (Å²) in [5.74, 6) is 1.18. The standard InChI is InChI=1S/C22H24N2O3/c1-4-12-26-20-10-9-19(18-6-5-11-23-22(18)20)24-21(25)14-27-17-8-7-15(2)16(3)13-17/h5-11,13H,4,12,14H2,1-3H3,(H,24,25). The fourth-order valence-corrected chi connectivity index (χ4v) is 2.72. The Bertz CT molecular complexity index is 953. The van der Waals surface area contributed by atoms with E-state index in [1.165, 1.54) is 5.56 Å². The van der Waals surface area contributed by atoms with Crippen LogP contribution >= 0.6 is 0 Å². The van der Waals surface area contributed by atoms with Crippen LogP contribution < -0.4 is 14.8 Å². The number of aryl methyl sites for hydroxylation is 2. The third kappa shape index (κ3) is 4.56. The number of fused-ring (bicyclic) bond motifs is 1. The summed E-state index contributed by atoms with van der Waals surface area (Å²) in [5, 5.41) is 3.74. The summed E-state index contributed by atoms with van der Waals surface area (Å²) < 4.78 is 11.4. The summed E-state index contributed by atoms with van der Waals surface area (Å²) >= 11 is 0. The van der Waals surface area contributed by atoms with Crippen LogP contribution in [-0.4, -0.2) is 24.1 Å². The number of rotatable bonds is 7. The van der Waals surface area contributed by atoms with Crippen molar-refractivity contribution in [3.8, 4) is 11.5 Å². The molecule has 5 nitrogen and oxygen atoms in total. The van der Waals surface area contributed by atoms with E-state index in [4.69, 9.17) is 9.47 Å². The molecule has 1 N–H and O–H groups in total. The zero-order chi connectivity index (χ0) is 19.2. The minimum atomic E-state index is -0.222. The monoisotopic (exact) mass is 364 g/mol. The summed E-state index contributed by atoms with van der Waals surface area (Å²) in [4.78, 5) is 16.8. The van der Waals surface area contributed by atoms with Crippen LogP contribution in [-0.2, 0) is 4.79 Å². The first-order valence-corrected chi connectivity index (χ1v) is 9.09. The molecule has 0 unspecified atom stereocenters. The minimum absolute atomic E-state index is 0.0572. The SMILES string of the molecule is CCCOc1ccc(NC(=O)COc2ccc(C)c(C)c2)c2cccnc12. The Morgan fingerprint density at radius 3 is 2.70 bits per heavy atom. The van der Waals surface area contributed by atoms with Crippen LogP contribution in [0.4, 0.5) is 5.69 Å². The molecular formula is C22H24N2O3. The Morgan fingerprint density at radius 1 is 1.07 bits per heavy atom. The molecule has 0 aliphatic rings. The number of carbonyl (C=O) groups is 1. The lowest BCUT2D eigenvalue weighted by Crippen LogP contribution is -2.20. The number of nitrogens with zero attached hydrogens (tertiary/aromatic N) is 1. The van der Waals surface area contributed by atoms with Crippen LogP contribution in [0.25, 0.3) is 10.9 Å². The lowest BCUT2D eigenvalue weighted by molar-refractivity contribution is -0.118. The van der Waals surface area contributed by atoms with Crippen molar-refractivity contribution in [2.45, 2.75) is 27.2 Å². The summed E-state index contributed by atoms with van der Waals surface area (Å²) in [5.41, 5.74) is 3.75. The largest absolute Gasteiger partial charge is 0.491 e. The van der Waals surface area contributed by atoms with E-state index in [-0.39, 0.29) is 12.5 Å². The third-order valence-corrected chi connectivity index (χ3v) is 4.32. The second-order valence-corrected chi connectivity index (χ2v) is 6.44. The van der Waals surface area contributed by atoms with Crippen molar-refractivity contribution in [2.75, 3.05) is 18.5 Å². The van der Waals surface area contributed by atoms with Gasteiger partial charge in [-0.2, -0.15) is 0 Å². The van der Waals surface area contributed by atoms with Crippen LogP contribution in [0.15, 0.2) is 48.7 Å². The van der Waals surface area contributed by atoms with Crippen molar-refractivity contribution in [3.05, 3.63) is 59.8 Å². The zero-order valence-electron chi connectivity index (χ0n) is 15.9. The maximum atomic E-state index is 12.4. The average molecular weight is 364 g/mol. The molecule has 140 valence electrons. The molecule has 3 aromatic rings. The van der Waals surface area contributed by atoms with Crippen LogP contribution in [0.2, 0.25) is 0 Å². The lowest BCUT2D eigenvalue weighted by atomic mass is 10.1. The highest BCUT2D eigenvalue weighted by Crippen LogP contribution is 2.30. The highest BCUT2D eigenvalue weighted by molar-refractivity contribution is 6.03. The van der Waals surface area contributed by atoms with E-state index in [9.17, 15) is 4.79 Å². The van der Waals surface area contributed by atoms with Gasteiger partial charge < -0.3 is 14.8 Å². The molecule has 0 saturated heterocycles. The first-order valence-electron chi connectivity index (χ1n) is 9.09. The number of aromatic nitrogens is 1. The van der Waals surface area contributed by atoms with Crippen molar-refractivity contribution in [2.24, 2.45) is 0 Å². The summed E-state index contributed by atoms with van der Waals surface area (Å²) in [7, 11) is 0. The maximum Gasteiger partial charge on any atom is 0.262 e. The van der Waals surface area contributed by atoms with Crippen LogP contribution in [0.1, 0.15) is 24.5 Å². The molecule has 0 bridgehead atoms. The van der Waals surface area contributed by atoms with Gasteiger partial charge in [0, 0.05) is 11.6 Å². The molecule has 3 rings (SSSR count). The number of amides is 1. The zero-order valence-corrected chi connectivity index (χ0v) is 15.9. The molecule has 0 fully saturated rings. The van der Waals surface area contributed by atoms with Crippen LogP contribution in [0.3, 0.4) is 0 Å². The van der Waals surface area contributed by atoms with Gasteiger partial charge in [-0.05, 0) is 67.8 Å². The van der Waals surface area contributed by atoms with Gasteiger partial charge in [0.05, 0.1) is 12.3 Å². The number of nitrogens with one attached hydrogen (secondary N) is 1. The molecule has 0 saturated carbocycles. The molecule has 5 heteroatoms. The van der Waals surface area contributed by atoms with Crippen molar-refractivity contribution in [1.82, 2.24) is 4.98 Å². The summed E-state index contributed by atoms with van der Waals surface area (Å²) in [6.45, 7) is 6.68. The van der Waals surface area contributed by atoms with E-state index in [0.29, 0.717) is 18.0 Å². The third-order valence-electron chi connectivity index (χ3n) is 4.32. The van der Waals surface area contributed by atoms with Gasteiger partial charge in [-0.25, -0.2) is 0 Å². The lowest BCUT2D eigenvalue weighted by Gasteiger charge is -2.13. The number of hydrogen-bond donors (Lipinski definition) is 1. The van der Waals surface area contributed by atoms with Gasteiger partial charge in [0.2, 0.25) is 0 Å². The van der Waals surface area contributed by atoms with Gasteiger partial charge in [-0.15, -0.1) is 0 Å². The number of anilines is 1.